The SMILES string of the molecule is C/C=C/CC(C)/C(C)=C/COC(=O)CC. The molecule has 15 heavy (non-hydrogen) atoms. The van der Waals surface area contributed by atoms with Crippen LogP contribution in [0, 0.1) is 5.92 Å². The van der Waals surface area contributed by atoms with E-state index in [1.807, 2.05) is 13.0 Å². The Balaban J connectivity index is 3.91. The van der Waals surface area contributed by atoms with Crippen LogP contribution >= 0.6 is 0 Å². The number of ether oxygens (including phenoxy) is 1. The molecular formula is C13H22O2. The maximum absolute atomic E-state index is 10.9. The van der Waals surface area contributed by atoms with Crippen molar-refractivity contribution in [3.05, 3.63) is 23.8 Å². The summed E-state index contributed by atoms with van der Waals surface area (Å²) in [5.41, 5.74) is 1.28. The van der Waals surface area contributed by atoms with Crippen LogP contribution in [0.3, 0.4) is 0 Å². The number of hydrogen-bond donors (Lipinski definition) is 0. The summed E-state index contributed by atoms with van der Waals surface area (Å²) in [6, 6.07) is 0. The molecule has 0 N–H and O–H groups in total. The Bertz CT molecular complexity index is 239. The van der Waals surface area contributed by atoms with E-state index in [0.717, 1.165) is 6.42 Å². The number of hydrogen-bond acceptors (Lipinski definition) is 2. The average molecular weight is 210 g/mol. The summed E-state index contributed by atoms with van der Waals surface area (Å²) in [6.45, 7) is 8.47. The molecule has 0 amide bonds. The summed E-state index contributed by atoms with van der Waals surface area (Å²) in [7, 11) is 0. The first-order chi connectivity index (χ1) is 7.11. The largest absolute Gasteiger partial charge is 0.461 e. The van der Waals surface area contributed by atoms with Gasteiger partial charge in [0.2, 0.25) is 0 Å². The molecule has 0 radical (unpaired) electrons. The molecule has 0 fully saturated rings. The normalized spacial score (nSPS) is 14.3. The van der Waals surface area contributed by atoms with E-state index < -0.39 is 0 Å². The van der Waals surface area contributed by atoms with Gasteiger partial charge in [0.25, 0.3) is 0 Å². The second-order valence-electron chi connectivity index (χ2n) is 3.69. The molecule has 1 atom stereocenters. The zero-order chi connectivity index (χ0) is 11.7. The molecule has 0 saturated carbocycles. The van der Waals surface area contributed by atoms with Crippen molar-refractivity contribution < 1.29 is 9.53 Å². The van der Waals surface area contributed by atoms with Crippen molar-refractivity contribution in [2.45, 2.75) is 40.5 Å². The maximum atomic E-state index is 10.9. The fourth-order valence-electron chi connectivity index (χ4n) is 1.10. The minimum Gasteiger partial charge on any atom is -0.461 e. The summed E-state index contributed by atoms with van der Waals surface area (Å²) >= 11 is 0. The number of allylic oxidation sites excluding steroid dienone is 3. The monoisotopic (exact) mass is 210 g/mol. The van der Waals surface area contributed by atoms with Gasteiger partial charge in [-0.25, -0.2) is 0 Å². The molecule has 1 unspecified atom stereocenters. The van der Waals surface area contributed by atoms with Crippen LogP contribution in [0.4, 0.5) is 0 Å². The van der Waals surface area contributed by atoms with Gasteiger partial charge in [-0.1, -0.05) is 31.6 Å². The van der Waals surface area contributed by atoms with Gasteiger partial charge in [-0.15, -0.1) is 0 Å². The Labute approximate surface area is 93.0 Å². The molecule has 0 aromatic rings. The lowest BCUT2D eigenvalue weighted by Gasteiger charge is -2.09. The van der Waals surface area contributed by atoms with Crippen LogP contribution in [-0.4, -0.2) is 12.6 Å². The van der Waals surface area contributed by atoms with Gasteiger partial charge < -0.3 is 4.74 Å². The van der Waals surface area contributed by atoms with E-state index in [1.54, 1.807) is 6.92 Å². The number of carbonyl (C=O) groups is 1. The molecule has 2 nitrogen and oxygen atoms in total. The third-order valence-corrected chi connectivity index (χ3v) is 2.44. The predicted molar refractivity (Wildman–Crippen MR) is 63.6 cm³/mol. The second kappa shape index (κ2) is 8.27. The van der Waals surface area contributed by atoms with E-state index in [0.29, 0.717) is 18.9 Å². The van der Waals surface area contributed by atoms with Crippen LogP contribution in [-0.2, 0) is 9.53 Å². The van der Waals surface area contributed by atoms with Gasteiger partial charge in [-0.05, 0) is 32.3 Å². The molecular weight excluding hydrogens is 188 g/mol. The molecule has 0 aliphatic carbocycles. The van der Waals surface area contributed by atoms with Gasteiger partial charge in [0.05, 0.1) is 0 Å². The molecule has 0 aromatic heterocycles. The standard InChI is InChI=1S/C13H22O2/c1-5-7-8-11(3)12(4)9-10-15-13(14)6-2/h5,7,9,11H,6,8,10H2,1-4H3/b7-5+,12-9+. The van der Waals surface area contributed by atoms with Crippen molar-refractivity contribution in [3.8, 4) is 0 Å². The van der Waals surface area contributed by atoms with E-state index in [9.17, 15) is 4.79 Å². The summed E-state index contributed by atoms with van der Waals surface area (Å²) in [5, 5.41) is 0. The smallest absolute Gasteiger partial charge is 0.305 e. The van der Waals surface area contributed by atoms with Crippen LogP contribution in [0.1, 0.15) is 40.5 Å². The van der Waals surface area contributed by atoms with Crippen molar-refractivity contribution in [2.75, 3.05) is 6.61 Å². The van der Waals surface area contributed by atoms with Crippen molar-refractivity contribution in [2.24, 2.45) is 5.92 Å². The van der Waals surface area contributed by atoms with E-state index in [-0.39, 0.29) is 5.97 Å². The Kier molecular flexibility index (Phi) is 7.69. The molecule has 0 spiro atoms. The summed E-state index contributed by atoms with van der Waals surface area (Å²) in [5.74, 6) is 0.377. The fraction of sp³-hybridized carbons (Fsp3) is 0.615. The molecule has 0 heterocycles. The Morgan fingerprint density at radius 2 is 2.13 bits per heavy atom. The van der Waals surface area contributed by atoms with E-state index in [4.69, 9.17) is 4.74 Å². The first-order valence-corrected chi connectivity index (χ1v) is 5.55. The Morgan fingerprint density at radius 1 is 1.47 bits per heavy atom. The minimum absolute atomic E-state index is 0.139. The lowest BCUT2D eigenvalue weighted by atomic mass is 9.99. The molecule has 2 heteroatoms. The zero-order valence-electron chi connectivity index (χ0n) is 10.2. The average Bonchev–Trinajstić information content (AvgIpc) is 2.25. The topological polar surface area (TPSA) is 26.3 Å². The predicted octanol–water partition coefficient (Wildman–Crippen LogP) is 3.49. The van der Waals surface area contributed by atoms with E-state index >= 15 is 0 Å². The molecule has 0 saturated heterocycles. The lowest BCUT2D eigenvalue weighted by molar-refractivity contribution is -0.141. The van der Waals surface area contributed by atoms with Gasteiger partial charge in [0.15, 0.2) is 0 Å². The van der Waals surface area contributed by atoms with Crippen LogP contribution in [0.5, 0.6) is 0 Å². The summed E-state index contributed by atoms with van der Waals surface area (Å²) < 4.78 is 4.98. The van der Waals surface area contributed by atoms with Crippen molar-refractivity contribution >= 4 is 5.97 Å². The van der Waals surface area contributed by atoms with Gasteiger partial charge in [-0.2, -0.15) is 0 Å². The Morgan fingerprint density at radius 3 is 2.67 bits per heavy atom. The van der Waals surface area contributed by atoms with E-state index in [1.165, 1.54) is 5.57 Å². The first kappa shape index (κ1) is 13.9. The van der Waals surface area contributed by atoms with Crippen LogP contribution in [0.25, 0.3) is 0 Å². The molecule has 0 bridgehead atoms. The number of rotatable bonds is 6. The number of esters is 1. The van der Waals surface area contributed by atoms with Crippen LogP contribution < -0.4 is 0 Å². The fourth-order valence-corrected chi connectivity index (χ4v) is 1.10. The van der Waals surface area contributed by atoms with Gasteiger partial charge >= 0.3 is 5.97 Å². The van der Waals surface area contributed by atoms with Crippen molar-refractivity contribution in [1.82, 2.24) is 0 Å². The highest BCUT2D eigenvalue weighted by atomic mass is 16.5. The minimum atomic E-state index is -0.139. The molecule has 0 aliphatic rings. The maximum Gasteiger partial charge on any atom is 0.305 e. The van der Waals surface area contributed by atoms with E-state index in [2.05, 4.69) is 26.0 Å². The quantitative estimate of drug-likeness (QED) is 0.495. The lowest BCUT2D eigenvalue weighted by Crippen LogP contribution is -2.03. The summed E-state index contributed by atoms with van der Waals surface area (Å²) in [6.07, 6.45) is 7.68. The molecule has 86 valence electrons. The van der Waals surface area contributed by atoms with Crippen molar-refractivity contribution in [3.63, 3.8) is 0 Å². The highest BCUT2D eigenvalue weighted by molar-refractivity contribution is 5.68. The number of carbonyl (C=O) groups excluding carboxylic acids is 1. The third-order valence-electron chi connectivity index (χ3n) is 2.44. The zero-order valence-corrected chi connectivity index (χ0v) is 10.2. The van der Waals surface area contributed by atoms with Gasteiger partial charge in [0, 0.05) is 6.42 Å². The molecule has 0 rings (SSSR count). The van der Waals surface area contributed by atoms with Crippen molar-refractivity contribution in [1.29, 1.82) is 0 Å². The highest BCUT2D eigenvalue weighted by Gasteiger charge is 2.02. The summed E-state index contributed by atoms with van der Waals surface area (Å²) in [4.78, 5) is 10.9. The highest BCUT2D eigenvalue weighted by Crippen LogP contribution is 2.14. The van der Waals surface area contributed by atoms with Gasteiger partial charge in [-0.3, -0.25) is 4.79 Å². The van der Waals surface area contributed by atoms with Gasteiger partial charge in [0.1, 0.15) is 6.61 Å². The first-order valence-electron chi connectivity index (χ1n) is 5.55. The Hall–Kier alpha value is -1.05. The van der Waals surface area contributed by atoms with Crippen LogP contribution in [0.2, 0.25) is 0 Å². The third kappa shape index (κ3) is 6.95. The molecule has 0 aliphatic heterocycles. The second-order valence-corrected chi connectivity index (χ2v) is 3.69. The van der Waals surface area contributed by atoms with Crippen LogP contribution in [0.15, 0.2) is 23.8 Å². The molecule has 0 aromatic carbocycles.